The fourth-order valence-electron chi connectivity index (χ4n) is 14.1. The van der Waals surface area contributed by atoms with Gasteiger partial charge in [-0.3, -0.25) is 4.90 Å². The van der Waals surface area contributed by atoms with E-state index in [-0.39, 0.29) is 12.0 Å². The molecule has 4 saturated heterocycles. The van der Waals surface area contributed by atoms with Crippen LogP contribution < -0.4 is 71.8 Å². The van der Waals surface area contributed by atoms with Crippen molar-refractivity contribution in [2.45, 2.75) is 77.4 Å². The van der Waals surface area contributed by atoms with E-state index in [4.69, 9.17) is 65.9 Å². The molecule has 113 heavy (non-hydrogen) atoms. The van der Waals surface area contributed by atoms with E-state index in [0.717, 1.165) is 124 Å². The number of nitrogens with zero attached hydrogens (tertiary/aromatic N) is 12. The van der Waals surface area contributed by atoms with Gasteiger partial charge in [0.05, 0.1) is 84.1 Å². The van der Waals surface area contributed by atoms with Gasteiger partial charge in [-0.2, -0.15) is 20.2 Å². The quantitative estimate of drug-likeness (QED) is 0.0307. The minimum Gasteiger partial charge on any atom is -0.494 e. The molecule has 31 heteroatoms. The van der Waals surface area contributed by atoms with Gasteiger partial charge in [-0.25, -0.2) is 15.0 Å². The fourth-order valence-corrected chi connectivity index (χ4v) is 18.0. The van der Waals surface area contributed by atoms with Crippen LogP contribution in [-0.2, 0) is 13.7 Å². The van der Waals surface area contributed by atoms with Gasteiger partial charge >= 0.3 is 0 Å². The van der Waals surface area contributed by atoms with E-state index in [0.29, 0.717) is 107 Å². The molecule has 4 aliphatic heterocycles. The van der Waals surface area contributed by atoms with Crippen molar-refractivity contribution < 1.29 is 27.9 Å². The van der Waals surface area contributed by atoms with Crippen molar-refractivity contribution in [2.75, 3.05) is 175 Å². The second kappa shape index (κ2) is 38.8. The second-order valence-corrected chi connectivity index (χ2v) is 41.2. The van der Waals surface area contributed by atoms with Gasteiger partial charge in [-0.05, 0) is 209 Å². The maximum absolute atomic E-state index is 12.8. The van der Waals surface area contributed by atoms with Crippen LogP contribution in [-0.4, -0.2) is 190 Å². The van der Waals surface area contributed by atoms with Crippen molar-refractivity contribution in [1.82, 2.24) is 44.6 Å². The molecule has 4 aliphatic rings. The molecule has 24 nitrogen and oxygen atoms in total. The van der Waals surface area contributed by atoms with E-state index in [1.165, 1.54) is 43.9 Å². The number of hydrogen-bond acceptors (Lipinski definition) is 24. The van der Waals surface area contributed by atoms with E-state index >= 15 is 0 Å². The summed E-state index contributed by atoms with van der Waals surface area (Å²) in [5.41, 5.74) is 7.76. The number of rotatable bonds is 24. The minimum atomic E-state index is -2.51. The van der Waals surface area contributed by atoms with Crippen LogP contribution in [0.15, 0.2) is 140 Å². The first-order valence-corrected chi connectivity index (χ1v) is 47.4. The van der Waals surface area contributed by atoms with Crippen LogP contribution in [0.1, 0.15) is 70.8 Å². The summed E-state index contributed by atoms with van der Waals surface area (Å²) in [4.78, 5) is 39.0. The average molecular weight is 1670 g/mol. The molecule has 600 valence electrons. The third-order valence-corrected chi connectivity index (χ3v) is 26.2. The summed E-state index contributed by atoms with van der Waals surface area (Å²) in [5, 5.41) is 32.2. The summed E-state index contributed by atoms with van der Waals surface area (Å²) >= 11 is 25.7. The molecule has 0 spiro atoms. The van der Waals surface area contributed by atoms with Crippen LogP contribution in [0.2, 0.25) is 20.1 Å². The van der Waals surface area contributed by atoms with Gasteiger partial charge in [0.1, 0.15) is 53.7 Å². The first kappa shape index (κ1) is 85.5. The number of aromatic nitrogens is 6. The Balaban J connectivity index is 0.000000168. The van der Waals surface area contributed by atoms with Crippen molar-refractivity contribution in [3.05, 3.63) is 166 Å². The predicted octanol–water partition coefficient (Wildman–Crippen LogP) is 18.2. The van der Waals surface area contributed by atoms with Crippen molar-refractivity contribution in [3.63, 3.8) is 0 Å². The molecule has 0 unspecified atom stereocenters. The Morgan fingerprint density at radius 2 is 0.920 bits per heavy atom. The van der Waals surface area contributed by atoms with E-state index in [2.05, 4.69) is 131 Å². The summed E-state index contributed by atoms with van der Waals surface area (Å²) in [5.74, 6) is 5.12. The van der Waals surface area contributed by atoms with E-state index in [1.807, 2.05) is 92.7 Å². The van der Waals surface area contributed by atoms with Crippen molar-refractivity contribution in [1.29, 1.82) is 5.26 Å². The SMILES string of the molecule is CCN1CCC(c2ccc(Nc3ncc(Cl)c(Nc4ccccc4P(C)(C)=O)n3)c(OC(C)C)c2)CC1.COc1cc(N2CCC(C#N)CC2)ccc1Nc1ncc(Cl)c(Nc2ccccc2P(C)(C)=O)n1.COc1cc(N2CCC(N3CCN(C)CC3)CC2)ccc1Nc1ncc(Cl)c(Nc2ccc(P(C)(C)=O)cc2Cl)n1. The fraction of sp³-hybridized carbons (Fsp3) is 0.402. The van der Waals surface area contributed by atoms with Crippen LogP contribution >= 0.6 is 67.8 Å². The number of halogens is 4. The maximum atomic E-state index is 12.8. The molecule has 6 N–H and O–H groups in total. The van der Waals surface area contributed by atoms with Gasteiger partial charge in [-0.1, -0.05) is 83.7 Å². The molecule has 0 aliphatic carbocycles. The Bertz CT molecular complexity index is 4960. The Labute approximate surface area is 685 Å². The van der Waals surface area contributed by atoms with E-state index in [9.17, 15) is 13.7 Å². The van der Waals surface area contributed by atoms with E-state index in [1.54, 1.807) is 78.6 Å². The Kier molecular flexibility index (Phi) is 29.4. The lowest BCUT2D eigenvalue weighted by molar-refractivity contribution is 0.0982. The molecule has 9 aromatic rings. The third kappa shape index (κ3) is 23.2. The first-order chi connectivity index (χ1) is 54.0. The smallest absolute Gasteiger partial charge is 0.229 e. The molecule has 0 radical (unpaired) electrons. The number of benzene rings is 6. The zero-order chi connectivity index (χ0) is 80.7. The maximum Gasteiger partial charge on any atom is 0.229 e. The number of nitrogens with one attached hydrogen (secondary N) is 6. The largest absolute Gasteiger partial charge is 0.494 e. The second-order valence-electron chi connectivity index (χ2n) is 30.0. The van der Waals surface area contributed by atoms with Crippen molar-refractivity contribution in [2.24, 2.45) is 5.92 Å². The number of para-hydroxylation sites is 2. The molecule has 7 heterocycles. The highest BCUT2D eigenvalue weighted by molar-refractivity contribution is 7.71. The molecule has 0 atom stereocenters. The summed E-state index contributed by atoms with van der Waals surface area (Å²) in [6.07, 6.45) is 11.0. The highest BCUT2D eigenvalue weighted by Gasteiger charge is 2.29. The highest BCUT2D eigenvalue weighted by atomic mass is 35.5. The van der Waals surface area contributed by atoms with Crippen LogP contribution in [0.4, 0.5) is 80.8 Å². The number of ether oxygens (including phenoxy) is 3. The lowest BCUT2D eigenvalue weighted by Crippen LogP contribution is -2.52. The monoisotopic (exact) mass is 1670 g/mol. The summed E-state index contributed by atoms with van der Waals surface area (Å²) in [6.45, 7) is 28.4. The lowest BCUT2D eigenvalue weighted by Gasteiger charge is -2.42. The molecule has 6 aromatic carbocycles. The van der Waals surface area contributed by atoms with Gasteiger partial charge in [0.2, 0.25) is 17.8 Å². The van der Waals surface area contributed by atoms with Crippen LogP contribution in [0.25, 0.3) is 0 Å². The number of nitriles is 1. The summed E-state index contributed by atoms with van der Waals surface area (Å²) in [7, 11) is -1.95. The van der Waals surface area contributed by atoms with Crippen molar-refractivity contribution in [3.8, 4) is 23.3 Å². The van der Waals surface area contributed by atoms with Crippen LogP contribution in [0.5, 0.6) is 17.2 Å². The Morgan fingerprint density at radius 1 is 0.487 bits per heavy atom. The van der Waals surface area contributed by atoms with Gasteiger partial charge < -0.3 is 79.4 Å². The number of likely N-dealkylation sites (N-methyl/N-ethyl adjacent to an activating group) is 1. The molecule has 0 amide bonds. The number of methoxy groups -OCH3 is 2. The molecule has 3 aromatic heterocycles. The average Bonchev–Trinajstić information content (AvgIpc) is 0.794. The number of likely N-dealkylation sites (tertiary alicyclic amines) is 1. The van der Waals surface area contributed by atoms with Gasteiger partial charge in [-0.15, -0.1) is 0 Å². The minimum absolute atomic E-state index is 0.0244. The zero-order valence-corrected chi connectivity index (χ0v) is 72.0. The molecular weight excluding hydrogens is 1570 g/mol. The number of anilines is 14. The van der Waals surface area contributed by atoms with E-state index < -0.39 is 21.4 Å². The molecule has 13 rings (SSSR count). The van der Waals surface area contributed by atoms with Crippen molar-refractivity contribution >= 4 is 165 Å². The molecular formula is C82H103Cl4N18O6P3. The molecule has 0 bridgehead atoms. The molecule has 4 fully saturated rings. The summed E-state index contributed by atoms with van der Waals surface area (Å²) < 4.78 is 55.5. The van der Waals surface area contributed by atoms with Gasteiger partial charge in [0.25, 0.3) is 0 Å². The Hall–Kier alpha value is -8.42. The number of piperazine rings is 1. The Morgan fingerprint density at radius 3 is 1.35 bits per heavy atom. The van der Waals surface area contributed by atoms with Gasteiger partial charge in [0.15, 0.2) is 17.5 Å². The normalized spacial score (nSPS) is 15.7. The highest BCUT2D eigenvalue weighted by Crippen LogP contribution is 2.44. The first-order valence-electron chi connectivity index (χ1n) is 38.1. The van der Waals surface area contributed by atoms with Gasteiger partial charge in [0, 0.05) is 104 Å². The topological polar surface area (TPSA) is 268 Å². The summed E-state index contributed by atoms with van der Waals surface area (Å²) in [6, 6.07) is 41.7. The zero-order valence-electron chi connectivity index (χ0n) is 66.3. The number of piperidine rings is 3. The van der Waals surface area contributed by atoms with Crippen LogP contribution in [0.3, 0.4) is 0 Å². The molecule has 0 saturated carbocycles. The van der Waals surface area contributed by atoms with Crippen LogP contribution in [0, 0.1) is 17.2 Å². The predicted molar refractivity (Wildman–Crippen MR) is 470 cm³/mol. The lowest BCUT2D eigenvalue weighted by atomic mass is 9.89. The number of hydrogen-bond donors (Lipinski definition) is 6. The standard InChI is InChI=1S/C29H38Cl2N7O2P.C28H37ClN5O2P.C25H28ClN6O2P/c1-36-13-15-38(16-14-36)20-9-11-37(12-10-20)21-5-7-26(27(17-21)40-2)34-29-32-19-24(31)28(35-29)33-25-8-6-22(18-23(25)30)41(3,4)39;1-6-34-15-13-20(14-16-34)21-11-12-23(25(17-21)36-19(2)3)32-28-30-18-22(29)27(33-28)31-24-9-7-8-10-26(24)37(4,5)35;1-34-22-14-18(32-12-10-17(15-27)11-13-32)8-9-20(22)30-25-28-16-19(26)24(31-25)29-21-6-4-5-7-23(21)35(2,3)33/h5-8,17-20H,9-16H2,1-4H3,(H2,32,33,34,35);7-12,17-20H,6,13-16H2,1-5H3,(H2,30,31,32,33);4-9,14,16-17H,10-13H2,1-3H3,(H2,28,29,30,31). The third-order valence-electron chi connectivity index (χ3n) is 20.4.